The topological polar surface area (TPSA) is 51.8 Å². The Morgan fingerprint density at radius 2 is 1.16 bits per heavy atom. The van der Waals surface area contributed by atoms with Gasteiger partial charge in [-0.2, -0.15) is 0 Å². The summed E-state index contributed by atoms with van der Waals surface area (Å²) in [5, 5.41) is 4.58. The highest BCUT2D eigenvalue weighted by atomic mass is 16.3. The van der Waals surface area contributed by atoms with Crippen molar-refractivity contribution >= 4 is 32.7 Å². The maximum Gasteiger partial charge on any atom is 0.167 e. The summed E-state index contributed by atoms with van der Waals surface area (Å²) < 4.78 is 6.57. The second-order valence-electron chi connectivity index (χ2n) is 13.9. The predicted octanol–water partition coefficient (Wildman–Crippen LogP) is 10.4. The van der Waals surface area contributed by atoms with Crippen molar-refractivity contribution < 1.29 is 4.42 Å². The molecule has 0 atom stereocenters. The van der Waals surface area contributed by atoms with E-state index in [0.29, 0.717) is 22.9 Å². The van der Waals surface area contributed by atoms with Crippen LogP contribution in [0.2, 0.25) is 0 Å². The minimum atomic E-state index is 0.369. The van der Waals surface area contributed by atoms with Gasteiger partial charge in [-0.05, 0) is 90.2 Å². The molecule has 4 bridgehead atoms. The van der Waals surface area contributed by atoms with Crippen LogP contribution in [0.25, 0.3) is 66.9 Å². The van der Waals surface area contributed by atoms with Crippen LogP contribution < -0.4 is 0 Å². The van der Waals surface area contributed by atoms with Crippen LogP contribution in [0.5, 0.6) is 0 Å². The zero-order valence-corrected chi connectivity index (χ0v) is 25.1. The third-order valence-corrected chi connectivity index (χ3v) is 11.1. The number of fused-ring (bicyclic) bond motifs is 5. The average Bonchev–Trinajstić information content (AvgIpc) is 3.48. The molecule has 4 nitrogen and oxygen atoms in total. The van der Waals surface area contributed by atoms with Crippen LogP contribution in [0.15, 0.2) is 114 Å². The number of para-hydroxylation sites is 1. The van der Waals surface area contributed by atoms with Crippen LogP contribution >= 0.6 is 0 Å². The Kier molecular flexibility index (Phi) is 5.43. The lowest BCUT2D eigenvalue weighted by atomic mass is 9.48. The van der Waals surface area contributed by atoms with Crippen molar-refractivity contribution in [1.29, 1.82) is 0 Å². The molecule has 2 heterocycles. The lowest BCUT2D eigenvalue weighted by Gasteiger charge is -2.57. The fourth-order valence-electron chi connectivity index (χ4n) is 9.52. The van der Waals surface area contributed by atoms with Crippen LogP contribution in [-0.2, 0) is 5.41 Å². The average molecular weight is 584 g/mol. The molecule has 0 aliphatic heterocycles. The molecule has 0 amide bonds. The Morgan fingerprint density at radius 1 is 0.533 bits per heavy atom. The van der Waals surface area contributed by atoms with Gasteiger partial charge in [0.25, 0.3) is 0 Å². The van der Waals surface area contributed by atoms with Crippen molar-refractivity contribution in [3.8, 4) is 34.2 Å². The van der Waals surface area contributed by atoms with Crippen molar-refractivity contribution in [3.63, 3.8) is 0 Å². The largest absolute Gasteiger partial charge is 0.455 e. The first kappa shape index (κ1) is 25.5. The Labute approximate surface area is 262 Å². The molecule has 4 aliphatic carbocycles. The van der Waals surface area contributed by atoms with Crippen LogP contribution in [-0.4, -0.2) is 15.0 Å². The van der Waals surface area contributed by atoms with E-state index < -0.39 is 0 Å². The van der Waals surface area contributed by atoms with Gasteiger partial charge in [0.05, 0.1) is 5.56 Å². The Morgan fingerprint density at radius 3 is 1.89 bits per heavy atom. The quantitative estimate of drug-likeness (QED) is 0.207. The van der Waals surface area contributed by atoms with E-state index in [9.17, 15) is 0 Å². The van der Waals surface area contributed by atoms with Gasteiger partial charge in [0.2, 0.25) is 0 Å². The fourth-order valence-corrected chi connectivity index (χ4v) is 9.52. The Balaban J connectivity index is 1.12. The van der Waals surface area contributed by atoms with Gasteiger partial charge in [-0.3, -0.25) is 0 Å². The van der Waals surface area contributed by atoms with Gasteiger partial charge >= 0.3 is 0 Å². The summed E-state index contributed by atoms with van der Waals surface area (Å²) in [5.74, 6) is 4.75. The normalized spacial score (nSPS) is 23.8. The molecule has 0 spiro atoms. The van der Waals surface area contributed by atoms with Crippen LogP contribution in [0.1, 0.15) is 44.1 Å². The minimum absolute atomic E-state index is 0.369. The number of rotatable bonds is 4. The highest BCUT2D eigenvalue weighted by molar-refractivity contribution is 6.20. The molecule has 7 aromatic rings. The van der Waals surface area contributed by atoms with E-state index in [1.54, 1.807) is 0 Å². The highest BCUT2D eigenvalue weighted by Gasteiger charge is 2.51. The van der Waals surface area contributed by atoms with Crippen molar-refractivity contribution in [1.82, 2.24) is 15.0 Å². The molecule has 4 fully saturated rings. The lowest BCUT2D eigenvalue weighted by molar-refractivity contribution is -0.00518. The van der Waals surface area contributed by atoms with Gasteiger partial charge in [-0.15, -0.1) is 0 Å². The minimum Gasteiger partial charge on any atom is -0.455 e. The van der Waals surface area contributed by atoms with E-state index in [2.05, 4.69) is 91.0 Å². The Hall–Kier alpha value is -4.83. The van der Waals surface area contributed by atoms with Crippen molar-refractivity contribution in [2.24, 2.45) is 17.8 Å². The molecule has 4 heteroatoms. The molecule has 0 radical (unpaired) electrons. The van der Waals surface area contributed by atoms with E-state index in [1.807, 2.05) is 18.2 Å². The molecular formula is C41H33N3O. The highest BCUT2D eigenvalue weighted by Crippen LogP contribution is 2.60. The standard InChI is InChI=1S/C41H33N3O/c1-2-8-29(9-3-1)38-42-39(30-13-16-31(17-14-30)41-22-25-19-26(23-41)21-27(20-25)24-41)44-40(43-38)34-12-6-11-33-36-32-10-5-4-7-28(32)15-18-35(36)45-37(33)34/h1-18,25-27H,19-24H2. The molecular weight excluding hydrogens is 550 g/mol. The number of benzene rings is 5. The Bertz CT molecular complexity index is 2210. The van der Waals surface area contributed by atoms with E-state index in [4.69, 9.17) is 19.4 Å². The zero-order chi connectivity index (χ0) is 29.5. The molecule has 5 aromatic carbocycles. The van der Waals surface area contributed by atoms with Gasteiger partial charge in [-0.25, -0.2) is 15.0 Å². The third kappa shape index (κ3) is 4.01. The van der Waals surface area contributed by atoms with Crippen molar-refractivity contribution in [3.05, 3.63) is 115 Å². The number of hydrogen-bond donors (Lipinski definition) is 0. The van der Waals surface area contributed by atoms with Gasteiger partial charge < -0.3 is 4.42 Å². The first-order valence-electron chi connectivity index (χ1n) is 16.4. The maximum absolute atomic E-state index is 6.57. The summed E-state index contributed by atoms with van der Waals surface area (Å²) in [6, 6.07) is 38.4. The van der Waals surface area contributed by atoms with Gasteiger partial charge in [0, 0.05) is 21.9 Å². The van der Waals surface area contributed by atoms with E-state index >= 15 is 0 Å². The predicted molar refractivity (Wildman–Crippen MR) is 181 cm³/mol. The van der Waals surface area contributed by atoms with Gasteiger partial charge in [-0.1, -0.05) is 97.1 Å². The molecule has 2 aromatic heterocycles. The summed E-state index contributed by atoms with van der Waals surface area (Å²) in [6.45, 7) is 0. The molecule has 0 saturated heterocycles. The number of aromatic nitrogens is 3. The molecule has 4 saturated carbocycles. The second kappa shape index (κ2) is 9.58. The van der Waals surface area contributed by atoms with E-state index in [0.717, 1.165) is 56.4 Å². The third-order valence-electron chi connectivity index (χ3n) is 11.1. The zero-order valence-electron chi connectivity index (χ0n) is 25.1. The summed E-state index contributed by atoms with van der Waals surface area (Å²) >= 11 is 0. The molecule has 11 rings (SSSR count). The lowest BCUT2D eigenvalue weighted by Crippen LogP contribution is -2.48. The SMILES string of the molecule is c1ccc(-c2nc(-c3ccc(C45CC6CC(CC(C6)C4)C5)cc3)nc(-c3cccc4c3oc3ccc5ccccc5c34)n2)cc1. The molecule has 0 N–H and O–H groups in total. The van der Waals surface area contributed by atoms with Crippen molar-refractivity contribution in [2.45, 2.75) is 43.9 Å². The van der Waals surface area contributed by atoms with E-state index in [-0.39, 0.29) is 0 Å². The number of nitrogens with zero attached hydrogens (tertiary/aromatic N) is 3. The molecule has 4 aliphatic rings. The van der Waals surface area contributed by atoms with Crippen LogP contribution in [0, 0.1) is 17.8 Å². The monoisotopic (exact) mass is 583 g/mol. The summed E-state index contributed by atoms with van der Waals surface area (Å²) in [5.41, 5.74) is 6.42. The van der Waals surface area contributed by atoms with E-state index in [1.165, 1.54) is 54.9 Å². The molecule has 0 unspecified atom stereocenters. The molecule has 45 heavy (non-hydrogen) atoms. The van der Waals surface area contributed by atoms with Crippen LogP contribution in [0.4, 0.5) is 0 Å². The fraction of sp³-hybridized carbons (Fsp3) is 0.244. The summed E-state index contributed by atoms with van der Waals surface area (Å²) in [4.78, 5) is 15.2. The second-order valence-corrected chi connectivity index (χ2v) is 13.9. The smallest absolute Gasteiger partial charge is 0.167 e. The summed E-state index contributed by atoms with van der Waals surface area (Å²) in [6.07, 6.45) is 8.47. The van der Waals surface area contributed by atoms with Gasteiger partial charge in [0.15, 0.2) is 17.5 Å². The first-order valence-corrected chi connectivity index (χ1v) is 16.4. The first-order chi connectivity index (χ1) is 22.2. The maximum atomic E-state index is 6.57. The number of hydrogen-bond acceptors (Lipinski definition) is 4. The summed E-state index contributed by atoms with van der Waals surface area (Å²) in [7, 11) is 0. The van der Waals surface area contributed by atoms with Crippen molar-refractivity contribution in [2.75, 3.05) is 0 Å². The number of furan rings is 1. The molecule has 218 valence electrons. The van der Waals surface area contributed by atoms with Crippen LogP contribution in [0.3, 0.4) is 0 Å². The van der Waals surface area contributed by atoms with Gasteiger partial charge in [0.1, 0.15) is 11.2 Å².